The van der Waals surface area contributed by atoms with E-state index < -0.39 is 11.6 Å². The largest absolute Gasteiger partial charge is 0.309 e. The van der Waals surface area contributed by atoms with Gasteiger partial charge in [-0.25, -0.2) is 8.78 Å². The molecule has 0 saturated carbocycles. The minimum absolute atomic E-state index is 0.417. The molecular formula is C14H11Cl2F2N. The average Bonchev–Trinajstić information content (AvgIpc) is 2.38. The van der Waals surface area contributed by atoms with Crippen molar-refractivity contribution in [3.05, 3.63) is 69.2 Å². The number of hydrogen-bond acceptors (Lipinski definition) is 1. The van der Waals surface area contributed by atoms with Crippen LogP contribution in [0.25, 0.3) is 0 Å². The molecule has 0 unspecified atom stereocenters. The fourth-order valence-corrected chi connectivity index (χ4v) is 2.05. The van der Waals surface area contributed by atoms with Crippen LogP contribution in [0.3, 0.4) is 0 Å². The normalized spacial score (nSPS) is 10.7. The molecule has 0 fully saturated rings. The summed E-state index contributed by atoms with van der Waals surface area (Å²) >= 11 is 11.9. The zero-order valence-electron chi connectivity index (χ0n) is 9.89. The van der Waals surface area contributed by atoms with Crippen LogP contribution in [0.4, 0.5) is 8.78 Å². The van der Waals surface area contributed by atoms with Crippen molar-refractivity contribution in [2.75, 3.05) is 0 Å². The molecule has 2 rings (SSSR count). The van der Waals surface area contributed by atoms with Crippen LogP contribution >= 0.6 is 23.2 Å². The SMILES string of the molecule is Fc1ccc(CNCc2cc(Cl)ccc2Cl)cc1F. The third-order valence-electron chi connectivity index (χ3n) is 2.64. The topological polar surface area (TPSA) is 12.0 Å². The van der Waals surface area contributed by atoms with Gasteiger partial charge in [-0.05, 0) is 41.5 Å². The third-order valence-corrected chi connectivity index (χ3v) is 3.24. The lowest BCUT2D eigenvalue weighted by Gasteiger charge is -2.07. The lowest BCUT2D eigenvalue weighted by Crippen LogP contribution is -2.13. The molecule has 0 aliphatic rings. The van der Waals surface area contributed by atoms with Gasteiger partial charge in [0.25, 0.3) is 0 Å². The van der Waals surface area contributed by atoms with Gasteiger partial charge in [-0.2, -0.15) is 0 Å². The van der Waals surface area contributed by atoms with E-state index >= 15 is 0 Å². The van der Waals surface area contributed by atoms with Crippen LogP contribution in [-0.4, -0.2) is 0 Å². The number of halogens is 4. The molecule has 0 radical (unpaired) electrons. The van der Waals surface area contributed by atoms with Gasteiger partial charge in [-0.3, -0.25) is 0 Å². The van der Waals surface area contributed by atoms with E-state index in [0.29, 0.717) is 28.7 Å². The molecule has 0 amide bonds. The maximum absolute atomic E-state index is 13.0. The molecule has 5 heteroatoms. The van der Waals surface area contributed by atoms with Crippen molar-refractivity contribution >= 4 is 23.2 Å². The molecule has 1 nitrogen and oxygen atoms in total. The standard InChI is InChI=1S/C14H11Cl2F2N/c15-11-2-3-12(16)10(6-11)8-19-7-9-1-4-13(17)14(18)5-9/h1-6,19H,7-8H2. The Morgan fingerprint density at radius 3 is 2.42 bits per heavy atom. The second kappa shape index (κ2) is 6.33. The Morgan fingerprint density at radius 2 is 1.68 bits per heavy atom. The molecule has 2 aromatic carbocycles. The summed E-state index contributed by atoms with van der Waals surface area (Å²) < 4.78 is 25.8. The van der Waals surface area contributed by atoms with Crippen LogP contribution in [-0.2, 0) is 13.1 Å². The molecule has 0 atom stereocenters. The first-order valence-corrected chi connectivity index (χ1v) is 6.40. The first-order valence-electron chi connectivity index (χ1n) is 5.65. The first-order chi connectivity index (χ1) is 9.06. The molecule has 0 spiro atoms. The minimum atomic E-state index is -0.847. The van der Waals surface area contributed by atoms with E-state index in [1.807, 2.05) is 0 Å². The summed E-state index contributed by atoms with van der Waals surface area (Å²) in [4.78, 5) is 0. The number of nitrogens with one attached hydrogen (secondary N) is 1. The van der Waals surface area contributed by atoms with Gasteiger partial charge >= 0.3 is 0 Å². The van der Waals surface area contributed by atoms with Crippen LogP contribution in [0.2, 0.25) is 10.0 Å². The molecule has 19 heavy (non-hydrogen) atoms. The fourth-order valence-electron chi connectivity index (χ4n) is 1.67. The van der Waals surface area contributed by atoms with Crippen molar-refractivity contribution in [1.82, 2.24) is 5.32 Å². The van der Waals surface area contributed by atoms with Crippen molar-refractivity contribution < 1.29 is 8.78 Å². The highest BCUT2D eigenvalue weighted by Crippen LogP contribution is 2.20. The molecule has 0 heterocycles. The first kappa shape index (κ1) is 14.3. The van der Waals surface area contributed by atoms with Crippen molar-refractivity contribution in [3.63, 3.8) is 0 Å². The smallest absolute Gasteiger partial charge is 0.159 e. The van der Waals surface area contributed by atoms with Gasteiger partial charge in [0.15, 0.2) is 11.6 Å². The molecule has 0 aromatic heterocycles. The van der Waals surface area contributed by atoms with E-state index in [4.69, 9.17) is 23.2 Å². The molecule has 0 saturated heterocycles. The Morgan fingerprint density at radius 1 is 0.895 bits per heavy atom. The van der Waals surface area contributed by atoms with Crippen LogP contribution < -0.4 is 5.32 Å². The number of benzene rings is 2. The fraction of sp³-hybridized carbons (Fsp3) is 0.143. The molecular weight excluding hydrogens is 291 g/mol. The van der Waals surface area contributed by atoms with Gasteiger partial charge in [-0.15, -0.1) is 0 Å². The minimum Gasteiger partial charge on any atom is -0.309 e. The monoisotopic (exact) mass is 301 g/mol. The van der Waals surface area contributed by atoms with Gasteiger partial charge in [0.1, 0.15) is 0 Å². The zero-order valence-corrected chi connectivity index (χ0v) is 11.4. The summed E-state index contributed by atoms with van der Waals surface area (Å²) in [6.45, 7) is 0.915. The Bertz CT molecular complexity index is 588. The summed E-state index contributed by atoms with van der Waals surface area (Å²) in [6.07, 6.45) is 0. The van der Waals surface area contributed by atoms with Crippen LogP contribution in [0.15, 0.2) is 36.4 Å². The van der Waals surface area contributed by atoms with Crippen LogP contribution in [0, 0.1) is 11.6 Å². The second-order valence-electron chi connectivity index (χ2n) is 4.09. The average molecular weight is 302 g/mol. The van der Waals surface area contributed by atoms with Gasteiger partial charge in [0.2, 0.25) is 0 Å². The highest BCUT2D eigenvalue weighted by atomic mass is 35.5. The predicted molar refractivity (Wildman–Crippen MR) is 73.4 cm³/mol. The summed E-state index contributed by atoms with van der Waals surface area (Å²) in [5, 5.41) is 4.32. The van der Waals surface area contributed by atoms with E-state index in [1.54, 1.807) is 18.2 Å². The zero-order chi connectivity index (χ0) is 13.8. The Kier molecular flexibility index (Phi) is 4.75. The lowest BCUT2D eigenvalue weighted by atomic mass is 10.2. The molecule has 2 aromatic rings. The van der Waals surface area contributed by atoms with Gasteiger partial charge in [0, 0.05) is 23.1 Å². The van der Waals surface area contributed by atoms with Crippen molar-refractivity contribution in [3.8, 4) is 0 Å². The quantitative estimate of drug-likeness (QED) is 0.873. The molecule has 100 valence electrons. The Hall–Kier alpha value is -1.16. The highest BCUT2D eigenvalue weighted by Gasteiger charge is 2.04. The van der Waals surface area contributed by atoms with Crippen molar-refractivity contribution in [2.24, 2.45) is 0 Å². The molecule has 1 N–H and O–H groups in total. The Balaban J connectivity index is 1.96. The van der Waals surface area contributed by atoms with E-state index in [2.05, 4.69) is 5.32 Å². The summed E-state index contributed by atoms with van der Waals surface area (Å²) in [5.41, 5.74) is 1.52. The number of rotatable bonds is 4. The molecule has 0 aliphatic heterocycles. The van der Waals surface area contributed by atoms with Gasteiger partial charge in [-0.1, -0.05) is 29.3 Å². The maximum atomic E-state index is 13.0. The lowest BCUT2D eigenvalue weighted by molar-refractivity contribution is 0.506. The molecule has 0 bridgehead atoms. The highest BCUT2D eigenvalue weighted by molar-refractivity contribution is 6.33. The van der Waals surface area contributed by atoms with Crippen LogP contribution in [0.1, 0.15) is 11.1 Å². The van der Waals surface area contributed by atoms with Gasteiger partial charge < -0.3 is 5.32 Å². The summed E-state index contributed by atoms with van der Waals surface area (Å²) in [7, 11) is 0. The van der Waals surface area contributed by atoms with E-state index in [1.165, 1.54) is 12.1 Å². The second-order valence-corrected chi connectivity index (χ2v) is 4.93. The Labute approximate surface area is 120 Å². The van der Waals surface area contributed by atoms with Gasteiger partial charge in [0.05, 0.1) is 0 Å². The summed E-state index contributed by atoms with van der Waals surface area (Å²) in [6, 6.07) is 9.01. The van der Waals surface area contributed by atoms with Crippen molar-refractivity contribution in [2.45, 2.75) is 13.1 Å². The van der Waals surface area contributed by atoms with E-state index in [-0.39, 0.29) is 0 Å². The number of hydrogen-bond donors (Lipinski definition) is 1. The summed E-state index contributed by atoms with van der Waals surface area (Å²) in [5.74, 6) is -1.69. The van der Waals surface area contributed by atoms with Crippen molar-refractivity contribution in [1.29, 1.82) is 0 Å². The van der Waals surface area contributed by atoms with E-state index in [9.17, 15) is 8.78 Å². The van der Waals surface area contributed by atoms with E-state index in [0.717, 1.165) is 11.6 Å². The predicted octanol–water partition coefficient (Wildman–Crippen LogP) is 4.56. The maximum Gasteiger partial charge on any atom is 0.159 e. The third kappa shape index (κ3) is 3.90. The van der Waals surface area contributed by atoms with Crippen LogP contribution in [0.5, 0.6) is 0 Å². The molecule has 0 aliphatic carbocycles.